The van der Waals surface area contributed by atoms with E-state index in [1.807, 2.05) is 20.8 Å². The highest BCUT2D eigenvalue weighted by Crippen LogP contribution is 2.30. The number of carboxylic acid groups (broad SMARTS) is 1. The van der Waals surface area contributed by atoms with Crippen LogP contribution in [0.5, 0.6) is 0 Å². The second-order valence-electron chi connectivity index (χ2n) is 5.55. The van der Waals surface area contributed by atoms with E-state index in [1.165, 1.54) is 0 Å². The van der Waals surface area contributed by atoms with Crippen LogP contribution in [0.25, 0.3) is 0 Å². The lowest BCUT2D eigenvalue weighted by Gasteiger charge is -2.40. The average Bonchev–Trinajstić information content (AvgIpc) is 2.29. The molecule has 0 spiro atoms. The third-order valence-corrected chi connectivity index (χ3v) is 3.69. The van der Waals surface area contributed by atoms with Crippen molar-refractivity contribution in [2.24, 2.45) is 5.41 Å². The number of nitrogens with zero attached hydrogens (tertiary/aromatic N) is 2. The van der Waals surface area contributed by atoms with Gasteiger partial charge in [0, 0.05) is 25.7 Å². The Balaban J connectivity index is 2.78. The van der Waals surface area contributed by atoms with Gasteiger partial charge in [-0.05, 0) is 40.5 Å². The van der Waals surface area contributed by atoms with Gasteiger partial charge in [0.25, 0.3) is 0 Å². The van der Waals surface area contributed by atoms with E-state index in [-0.39, 0.29) is 12.1 Å². The molecule has 0 saturated carbocycles. The van der Waals surface area contributed by atoms with Crippen LogP contribution in [0.3, 0.4) is 0 Å². The summed E-state index contributed by atoms with van der Waals surface area (Å²) in [7, 11) is 0. The van der Waals surface area contributed by atoms with Crippen LogP contribution < -0.4 is 0 Å². The minimum absolute atomic E-state index is 0.0420. The zero-order valence-electron chi connectivity index (χ0n) is 11.8. The first-order valence-corrected chi connectivity index (χ1v) is 6.60. The van der Waals surface area contributed by atoms with E-state index in [0.717, 1.165) is 6.42 Å². The maximum Gasteiger partial charge on any atom is 0.320 e. The van der Waals surface area contributed by atoms with Crippen molar-refractivity contribution < 1.29 is 14.7 Å². The van der Waals surface area contributed by atoms with Gasteiger partial charge in [0.1, 0.15) is 0 Å². The van der Waals surface area contributed by atoms with Crippen molar-refractivity contribution in [3.63, 3.8) is 0 Å². The molecule has 2 amide bonds. The summed E-state index contributed by atoms with van der Waals surface area (Å²) >= 11 is 0. The monoisotopic (exact) mass is 256 g/mol. The van der Waals surface area contributed by atoms with Crippen LogP contribution in [0.1, 0.15) is 40.5 Å². The van der Waals surface area contributed by atoms with E-state index in [0.29, 0.717) is 26.1 Å². The lowest BCUT2D eigenvalue weighted by atomic mass is 9.82. The summed E-state index contributed by atoms with van der Waals surface area (Å²) in [5.74, 6) is -0.812. The average molecular weight is 256 g/mol. The first-order chi connectivity index (χ1) is 8.31. The largest absolute Gasteiger partial charge is 0.481 e. The van der Waals surface area contributed by atoms with Gasteiger partial charge in [0.15, 0.2) is 0 Å². The lowest BCUT2D eigenvalue weighted by Crippen LogP contribution is -2.53. The Morgan fingerprint density at radius 2 is 2.06 bits per heavy atom. The van der Waals surface area contributed by atoms with Gasteiger partial charge in [-0.3, -0.25) is 4.79 Å². The van der Waals surface area contributed by atoms with Crippen molar-refractivity contribution >= 4 is 12.0 Å². The number of carbonyl (C=O) groups excluding carboxylic acids is 1. The Morgan fingerprint density at radius 3 is 2.50 bits per heavy atom. The molecule has 0 aliphatic carbocycles. The van der Waals surface area contributed by atoms with Crippen LogP contribution in [-0.2, 0) is 4.79 Å². The molecule has 0 radical (unpaired) electrons. The molecule has 1 rings (SSSR count). The number of urea groups is 1. The van der Waals surface area contributed by atoms with Gasteiger partial charge in [-0.25, -0.2) is 4.79 Å². The zero-order chi connectivity index (χ0) is 13.9. The third-order valence-electron chi connectivity index (χ3n) is 3.69. The van der Waals surface area contributed by atoms with Crippen LogP contribution >= 0.6 is 0 Å². The molecule has 0 aromatic rings. The molecule has 1 aliphatic heterocycles. The first-order valence-electron chi connectivity index (χ1n) is 6.60. The summed E-state index contributed by atoms with van der Waals surface area (Å²) in [6, 6.07) is 0.0974. The van der Waals surface area contributed by atoms with Crippen molar-refractivity contribution in [2.75, 3.05) is 19.6 Å². The molecule has 0 bridgehead atoms. The number of likely N-dealkylation sites (tertiary alicyclic amines) is 1. The highest BCUT2D eigenvalue weighted by atomic mass is 16.4. The van der Waals surface area contributed by atoms with Crippen LogP contribution in [-0.4, -0.2) is 52.6 Å². The van der Waals surface area contributed by atoms with Crippen molar-refractivity contribution in [1.82, 2.24) is 9.80 Å². The summed E-state index contributed by atoms with van der Waals surface area (Å²) < 4.78 is 0. The number of piperidine rings is 1. The zero-order valence-corrected chi connectivity index (χ0v) is 11.8. The van der Waals surface area contributed by atoms with Crippen molar-refractivity contribution in [3.8, 4) is 0 Å². The molecule has 0 aromatic carbocycles. The minimum Gasteiger partial charge on any atom is -0.481 e. The molecule has 1 N–H and O–H groups in total. The fraction of sp³-hybridized carbons (Fsp3) is 0.846. The number of carbonyl (C=O) groups is 2. The molecule has 0 aromatic heterocycles. The molecule has 1 unspecified atom stereocenters. The molecule has 1 aliphatic rings. The van der Waals surface area contributed by atoms with Crippen molar-refractivity contribution in [1.29, 1.82) is 0 Å². The molecule has 5 nitrogen and oxygen atoms in total. The number of hydrogen-bond acceptors (Lipinski definition) is 2. The van der Waals surface area contributed by atoms with Gasteiger partial charge >= 0.3 is 12.0 Å². The minimum atomic E-state index is -0.812. The molecule has 1 atom stereocenters. The maximum atomic E-state index is 12.3. The molecule has 5 heteroatoms. The standard InChI is InChI=1S/C13H24N2O3/c1-5-15(10(2)3)12(18)14-8-6-7-13(4,9-14)11(16)17/h10H,5-9H2,1-4H3,(H,16,17). The number of amides is 2. The van der Waals surface area contributed by atoms with Gasteiger partial charge in [-0.2, -0.15) is 0 Å². The molecule has 18 heavy (non-hydrogen) atoms. The Labute approximate surface area is 109 Å². The van der Waals surface area contributed by atoms with E-state index in [1.54, 1.807) is 16.7 Å². The maximum absolute atomic E-state index is 12.3. The van der Waals surface area contributed by atoms with Crippen LogP contribution in [0.2, 0.25) is 0 Å². The second-order valence-corrected chi connectivity index (χ2v) is 5.55. The topological polar surface area (TPSA) is 60.9 Å². The highest BCUT2D eigenvalue weighted by molar-refractivity contribution is 5.78. The fourth-order valence-corrected chi connectivity index (χ4v) is 2.48. The second kappa shape index (κ2) is 5.59. The van der Waals surface area contributed by atoms with Crippen LogP contribution in [0.15, 0.2) is 0 Å². The number of hydrogen-bond donors (Lipinski definition) is 1. The smallest absolute Gasteiger partial charge is 0.320 e. The number of carboxylic acids is 1. The van der Waals surface area contributed by atoms with Gasteiger partial charge in [0.2, 0.25) is 0 Å². The summed E-state index contributed by atoms with van der Waals surface area (Å²) in [4.78, 5) is 27.1. The summed E-state index contributed by atoms with van der Waals surface area (Å²) in [5, 5.41) is 9.25. The van der Waals surface area contributed by atoms with E-state index >= 15 is 0 Å². The predicted molar refractivity (Wildman–Crippen MR) is 69.5 cm³/mol. The van der Waals surface area contributed by atoms with Crippen molar-refractivity contribution in [3.05, 3.63) is 0 Å². The predicted octanol–water partition coefficient (Wildman–Crippen LogP) is 2.02. The van der Waals surface area contributed by atoms with Crippen LogP contribution in [0, 0.1) is 5.41 Å². The van der Waals surface area contributed by atoms with Crippen LogP contribution in [0.4, 0.5) is 4.79 Å². The molecule has 1 heterocycles. The third kappa shape index (κ3) is 2.94. The first kappa shape index (κ1) is 14.8. The normalized spacial score (nSPS) is 24.2. The molecule has 104 valence electrons. The molecule has 1 saturated heterocycles. The molecular weight excluding hydrogens is 232 g/mol. The number of aliphatic carboxylic acids is 1. The number of rotatable bonds is 3. The fourth-order valence-electron chi connectivity index (χ4n) is 2.48. The van der Waals surface area contributed by atoms with Gasteiger partial charge < -0.3 is 14.9 Å². The highest BCUT2D eigenvalue weighted by Gasteiger charge is 2.40. The van der Waals surface area contributed by atoms with Gasteiger partial charge in [0.05, 0.1) is 5.41 Å². The van der Waals surface area contributed by atoms with Gasteiger partial charge in [-0.15, -0.1) is 0 Å². The quantitative estimate of drug-likeness (QED) is 0.840. The van der Waals surface area contributed by atoms with E-state index in [9.17, 15) is 14.7 Å². The molecule has 1 fully saturated rings. The SMILES string of the molecule is CCN(C(=O)N1CCCC(C)(C(=O)O)C1)C(C)C. The van der Waals surface area contributed by atoms with E-state index in [4.69, 9.17) is 0 Å². The van der Waals surface area contributed by atoms with Gasteiger partial charge in [-0.1, -0.05) is 0 Å². The Bertz CT molecular complexity index is 330. The lowest BCUT2D eigenvalue weighted by molar-refractivity contribution is -0.150. The van der Waals surface area contributed by atoms with E-state index < -0.39 is 11.4 Å². The van der Waals surface area contributed by atoms with Crippen molar-refractivity contribution in [2.45, 2.75) is 46.6 Å². The molecular formula is C13H24N2O3. The summed E-state index contributed by atoms with van der Waals surface area (Å²) in [6.07, 6.45) is 1.39. The Morgan fingerprint density at radius 1 is 1.44 bits per heavy atom. The Kier molecular flexibility index (Phi) is 4.59. The van der Waals surface area contributed by atoms with E-state index in [2.05, 4.69) is 0 Å². The Hall–Kier alpha value is -1.26. The summed E-state index contributed by atoms with van der Waals surface area (Å²) in [5.41, 5.74) is -0.801. The summed E-state index contributed by atoms with van der Waals surface area (Å²) in [6.45, 7) is 9.23.